The minimum absolute atomic E-state index is 0.0972. The third kappa shape index (κ3) is 14.4. The van der Waals surface area contributed by atoms with Crippen LogP contribution in [0.15, 0.2) is 297 Å². The molecule has 0 bridgehead atoms. The highest BCUT2D eigenvalue weighted by Gasteiger charge is 2.18. The number of halogens is 1. The summed E-state index contributed by atoms with van der Waals surface area (Å²) in [4.78, 5) is 27.8. The van der Waals surface area contributed by atoms with E-state index in [0.717, 1.165) is 78.3 Å². The molecule has 0 spiro atoms. The van der Waals surface area contributed by atoms with Gasteiger partial charge in [0.15, 0.2) is 29.1 Å². The molecule has 14 aromatic rings. The zero-order valence-electron chi connectivity index (χ0n) is 46.4. The number of benzene rings is 12. The van der Waals surface area contributed by atoms with Crippen LogP contribution in [0, 0.1) is 0 Å². The Morgan fingerprint density at radius 3 is 0.943 bits per heavy atom. The molecule has 0 aliphatic heterocycles. The van der Waals surface area contributed by atoms with Crippen LogP contribution in [0.25, 0.3) is 78.5 Å². The van der Waals surface area contributed by atoms with Gasteiger partial charge in [-0.2, -0.15) is 9.97 Å². The van der Waals surface area contributed by atoms with Gasteiger partial charge >= 0.3 is 0 Å². The van der Waals surface area contributed by atoms with Gasteiger partial charge < -0.3 is 29.2 Å². The summed E-state index contributed by atoms with van der Waals surface area (Å²) in [6, 6.07) is 93.5. The van der Waals surface area contributed by atoms with Crippen LogP contribution in [0.2, 0.25) is 5.28 Å². The maximum atomic E-state index is 11.0. The van der Waals surface area contributed by atoms with Gasteiger partial charge in [-0.05, 0) is 197 Å². The Labute approximate surface area is 506 Å². The van der Waals surface area contributed by atoms with E-state index in [1.807, 2.05) is 279 Å². The van der Waals surface area contributed by atoms with Gasteiger partial charge in [-0.15, -0.1) is 0 Å². The third-order valence-corrected chi connectivity index (χ3v) is 13.6. The molecule has 0 amide bonds. The Morgan fingerprint density at radius 1 is 0.253 bits per heavy atom. The first kappa shape index (κ1) is 55.8. The molecule has 14 rings (SSSR count). The van der Waals surface area contributed by atoms with E-state index < -0.39 is 0 Å². The normalized spacial score (nSPS) is 10.7. The van der Waals surface area contributed by atoms with Crippen LogP contribution in [0.4, 0.5) is 0 Å². The first-order valence-corrected chi connectivity index (χ1v) is 28.1. The highest BCUT2D eigenvalue weighted by Crippen LogP contribution is 2.37. The molecule has 87 heavy (non-hydrogen) atoms. The van der Waals surface area contributed by atoms with E-state index in [1.165, 1.54) is 0 Å². The monoisotopic (exact) mass is 1150 g/mol. The number of ether oxygens (including phenoxy) is 4. The summed E-state index contributed by atoms with van der Waals surface area (Å²) in [5.41, 5.74) is 3.74. The molecule has 0 radical (unpaired) electrons. The SMILES string of the molecule is Clc1nc(-c2ccc(Oc3ccccc3)cc2)nc(-c2ccc(Oc3ccccc3)cc2)n1.Oc1ccc2ccccc2c1.Oc1ccc2ccccc2c1-c1nc(-c2ccc(Oc3ccccc3)cc2)nc(-c2ccc(Oc3ccccc3)cc2)n1. The second-order valence-corrected chi connectivity index (χ2v) is 19.9. The second kappa shape index (κ2) is 26.7. The Kier molecular flexibility index (Phi) is 17.1. The fourth-order valence-electron chi connectivity index (χ4n) is 9.21. The maximum absolute atomic E-state index is 11.0. The predicted molar refractivity (Wildman–Crippen MR) is 343 cm³/mol. The molecule has 2 heterocycles. The van der Waals surface area contributed by atoms with E-state index in [1.54, 1.807) is 18.2 Å². The maximum Gasteiger partial charge on any atom is 0.226 e. The number of rotatable bonds is 13. The van der Waals surface area contributed by atoms with Crippen molar-refractivity contribution < 1.29 is 29.2 Å². The number of aromatic nitrogens is 6. The highest BCUT2D eigenvalue weighted by molar-refractivity contribution is 6.28. The molecule has 0 aliphatic rings. The standard InChI is InChI=1S/C37H25N3O3.C27H18ClN3O2.C10H8O/c41-33-24-19-25-9-7-8-14-32(25)34(33)37-39-35(26-15-20-30(21-16-26)42-28-10-3-1-4-11-28)38-36(40-37)27-17-22-31(23-18-27)43-29-12-5-2-6-13-29;28-27-30-25(19-11-15-23(16-12-19)32-21-7-3-1-4-8-21)29-26(31-27)20-13-17-24(18-14-20)33-22-9-5-2-6-10-22;11-10-6-5-8-3-1-2-4-9(8)7-10/h1-24,41H;1-18H;1-7,11H. The minimum atomic E-state index is 0.0972. The van der Waals surface area contributed by atoms with Gasteiger partial charge in [0.05, 0.1) is 5.56 Å². The van der Waals surface area contributed by atoms with Crippen LogP contribution < -0.4 is 18.9 Å². The minimum Gasteiger partial charge on any atom is -0.508 e. The number of hydrogen-bond donors (Lipinski definition) is 2. The van der Waals surface area contributed by atoms with Crippen molar-refractivity contribution in [1.29, 1.82) is 0 Å². The molecule has 0 saturated heterocycles. The Bertz CT molecular complexity index is 4370. The van der Waals surface area contributed by atoms with E-state index in [9.17, 15) is 5.11 Å². The van der Waals surface area contributed by atoms with Gasteiger partial charge in [-0.25, -0.2) is 19.9 Å². The third-order valence-electron chi connectivity index (χ3n) is 13.5. The average Bonchev–Trinajstić information content (AvgIpc) is 2.07. The number of hydrogen-bond acceptors (Lipinski definition) is 12. The lowest BCUT2D eigenvalue weighted by atomic mass is 10.0. The van der Waals surface area contributed by atoms with E-state index >= 15 is 0 Å². The first-order valence-electron chi connectivity index (χ1n) is 27.7. The summed E-state index contributed by atoms with van der Waals surface area (Å²) >= 11 is 6.22. The molecule has 13 heteroatoms. The Hall–Kier alpha value is -11.7. The Morgan fingerprint density at radius 2 is 0.552 bits per heavy atom. The van der Waals surface area contributed by atoms with Gasteiger partial charge in [-0.1, -0.05) is 133 Å². The second-order valence-electron chi connectivity index (χ2n) is 19.5. The van der Waals surface area contributed by atoms with E-state index in [2.05, 4.69) is 15.0 Å². The van der Waals surface area contributed by atoms with E-state index in [-0.39, 0.29) is 11.0 Å². The van der Waals surface area contributed by atoms with Crippen molar-refractivity contribution in [3.63, 3.8) is 0 Å². The summed E-state index contributed by atoms with van der Waals surface area (Å²) in [6.07, 6.45) is 0. The molecular weight excluding hydrogens is 1100 g/mol. The lowest BCUT2D eigenvalue weighted by molar-refractivity contribution is 0.476. The molecular formula is C74H51ClN6O6. The van der Waals surface area contributed by atoms with Crippen LogP contribution in [-0.4, -0.2) is 40.1 Å². The van der Waals surface area contributed by atoms with Gasteiger partial charge in [0.25, 0.3) is 0 Å². The van der Waals surface area contributed by atoms with Crippen molar-refractivity contribution in [1.82, 2.24) is 29.9 Å². The molecule has 12 nitrogen and oxygen atoms in total. The summed E-state index contributed by atoms with van der Waals surface area (Å²) in [7, 11) is 0. The van der Waals surface area contributed by atoms with Crippen LogP contribution in [0.5, 0.6) is 57.5 Å². The molecule has 0 fully saturated rings. The van der Waals surface area contributed by atoms with Gasteiger partial charge in [0.2, 0.25) is 5.28 Å². The average molecular weight is 1160 g/mol. The number of phenolic OH excluding ortho intramolecular Hbond substituents is 2. The zero-order valence-corrected chi connectivity index (χ0v) is 47.1. The van der Waals surface area contributed by atoms with E-state index in [4.69, 9.17) is 50.6 Å². The lowest BCUT2D eigenvalue weighted by Crippen LogP contribution is -2.01. The van der Waals surface area contributed by atoms with E-state index in [0.29, 0.717) is 51.9 Å². The lowest BCUT2D eigenvalue weighted by Gasteiger charge is -2.12. The molecule has 0 unspecified atom stereocenters. The van der Waals surface area contributed by atoms with Crippen molar-refractivity contribution in [3.05, 3.63) is 303 Å². The molecule has 2 aromatic heterocycles. The van der Waals surface area contributed by atoms with Crippen LogP contribution in [0.1, 0.15) is 0 Å². The van der Waals surface area contributed by atoms with Crippen molar-refractivity contribution in [2.24, 2.45) is 0 Å². The van der Waals surface area contributed by atoms with Crippen molar-refractivity contribution >= 4 is 33.1 Å². The topological polar surface area (TPSA) is 155 Å². The number of nitrogens with zero attached hydrogens (tertiary/aromatic N) is 6. The Balaban J connectivity index is 0.000000148. The molecule has 12 aromatic carbocycles. The molecule has 0 atom stereocenters. The number of fused-ring (bicyclic) bond motifs is 2. The fourth-order valence-corrected chi connectivity index (χ4v) is 9.37. The van der Waals surface area contributed by atoms with Gasteiger partial charge in [0, 0.05) is 22.3 Å². The summed E-state index contributed by atoms with van der Waals surface area (Å²) in [5, 5.41) is 24.3. The van der Waals surface area contributed by atoms with Crippen LogP contribution in [0.3, 0.4) is 0 Å². The molecule has 420 valence electrons. The summed E-state index contributed by atoms with van der Waals surface area (Å²) < 4.78 is 23.6. The largest absolute Gasteiger partial charge is 0.508 e. The predicted octanol–water partition coefficient (Wildman–Crippen LogP) is 19.3. The molecule has 0 saturated carbocycles. The van der Waals surface area contributed by atoms with Gasteiger partial charge in [0.1, 0.15) is 57.5 Å². The van der Waals surface area contributed by atoms with Crippen molar-refractivity contribution in [2.45, 2.75) is 0 Å². The highest BCUT2D eigenvalue weighted by atomic mass is 35.5. The first-order chi connectivity index (χ1) is 42.8. The quantitative estimate of drug-likeness (QED) is 0.113. The fraction of sp³-hybridized carbons (Fsp3) is 0. The smallest absolute Gasteiger partial charge is 0.226 e. The van der Waals surface area contributed by atoms with Crippen LogP contribution >= 0.6 is 11.6 Å². The van der Waals surface area contributed by atoms with Gasteiger partial charge in [-0.3, -0.25) is 0 Å². The number of aromatic hydroxyl groups is 2. The summed E-state index contributed by atoms with van der Waals surface area (Å²) in [6.45, 7) is 0. The zero-order chi connectivity index (χ0) is 59.2. The molecule has 0 aliphatic carbocycles. The van der Waals surface area contributed by atoms with Crippen molar-refractivity contribution in [2.75, 3.05) is 0 Å². The molecule has 2 N–H and O–H groups in total. The number of phenols is 2. The van der Waals surface area contributed by atoms with Crippen LogP contribution in [-0.2, 0) is 0 Å². The number of para-hydroxylation sites is 4. The van der Waals surface area contributed by atoms with Crippen molar-refractivity contribution in [3.8, 4) is 114 Å². The summed E-state index contributed by atoms with van der Waals surface area (Å²) in [5.74, 6) is 8.62.